The number of ether oxygens (including phenoxy) is 3. The van der Waals surface area contributed by atoms with Crippen LogP contribution in [0.2, 0.25) is 0 Å². The fourth-order valence-electron chi connectivity index (χ4n) is 2.38. The maximum absolute atomic E-state index is 12.7. The van der Waals surface area contributed by atoms with Gasteiger partial charge in [0.15, 0.2) is 6.79 Å². The van der Waals surface area contributed by atoms with Gasteiger partial charge in [-0.3, -0.25) is 4.98 Å². The van der Waals surface area contributed by atoms with Crippen LogP contribution >= 0.6 is 0 Å². The molecule has 0 saturated heterocycles. The molecule has 8 heteroatoms. The molecule has 0 aliphatic heterocycles. The number of rotatable bonds is 6. The largest absolute Gasteiger partial charge is 0.435 e. The van der Waals surface area contributed by atoms with Gasteiger partial charge >= 0.3 is 17.9 Å². The van der Waals surface area contributed by atoms with Crippen LogP contribution < -0.4 is 9.47 Å². The molecule has 146 valence electrons. The van der Waals surface area contributed by atoms with Gasteiger partial charge in [0, 0.05) is 12.4 Å². The molecule has 0 aliphatic carbocycles. The molecule has 29 heavy (non-hydrogen) atoms. The molecule has 0 radical (unpaired) electrons. The van der Waals surface area contributed by atoms with E-state index in [4.69, 9.17) is 14.6 Å². The smallest absolute Gasteiger partial charge is 0.347 e. The van der Waals surface area contributed by atoms with Gasteiger partial charge in [0.2, 0.25) is 0 Å². The molecule has 0 fully saturated rings. The quantitative estimate of drug-likeness (QED) is 0.386. The van der Waals surface area contributed by atoms with E-state index in [0.29, 0.717) is 0 Å². The lowest BCUT2D eigenvalue weighted by Crippen LogP contribution is -2.16. The van der Waals surface area contributed by atoms with Crippen LogP contribution in [0.5, 0.6) is 11.5 Å². The van der Waals surface area contributed by atoms with Crippen molar-refractivity contribution in [2.75, 3.05) is 6.79 Å². The van der Waals surface area contributed by atoms with Gasteiger partial charge in [-0.1, -0.05) is 24.3 Å². The van der Waals surface area contributed by atoms with Crippen LogP contribution in [0.25, 0.3) is 0 Å². The highest BCUT2D eigenvalue weighted by Gasteiger charge is 2.21. The number of aliphatic hydroxyl groups is 1. The first kappa shape index (κ1) is 19.7. The van der Waals surface area contributed by atoms with Crippen LogP contribution in [0.15, 0.2) is 73.1 Å². The summed E-state index contributed by atoms with van der Waals surface area (Å²) in [5.41, 5.74) is 0.155. The Morgan fingerprint density at radius 2 is 1.34 bits per heavy atom. The van der Waals surface area contributed by atoms with E-state index in [2.05, 4.69) is 9.72 Å². The number of hydrogen-bond acceptors (Lipinski definition) is 8. The Balaban J connectivity index is 1.83. The number of esters is 3. The van der Waals surface area contributed by atoms with Gasteiger partial charge in [-0.15, -0.1) is 0 Å². The number of carbonyl (C=O) groups excluding carboxylic acids is 3. The molecule has 0 atom stereocenters. The molecule has 3 aromatic rings. The van der Waals surface area contributed by atoms with Gasteiger partial charge in [0.1, 0.15) is 22.6 Å². The van der Waals surface area contributed by atoms with Crippen molar-refractivity contribution in [1.29, 1.82) is 0 Å². The van der Waals surface area contributed by atoms with Crippen LogP contribution in [0.4, 0.5) is 0 Å². The van der Waals surface area contributed by atoms with E-state index in [9.17, 15) is 14.4 Å². The second-order valence-electron chi connectivity index (χ2n) is 5.57. The highest BCUT2D eigenvalue weighted by Crippen LogP contribution is 2.24. The molecule has 1 N–H and O–H groups in total. The van der Waals surface area contributed by atoms with Crippen molar-refractivity contribution in [1.82, 2.24) is 4.98 Å². The SMILES string of the molecule is O=C(Oc1ccccc1C(=O)Oc1ccccc1C(=O)OCO)c1cccnc1. The van der Waals surface area contributed by atoms with Gasteiger partial charge in [-0.25, -0.2) is 14.4 Å². The van der Waals surface area contributed by atoms with E-state index in [1.807, 2.05) is 0 Å². The summed E-state index contributed by atoms with van der Waals surface area (Å²) in [4.78, 5) is 40.7. The third-order valence-corrected chi connectivity index (χ3v) is 3.71. The maximum Gasteiger partial charge on any atom is 0.347 e. The van der Waals surface area contributed by atoms with Crippen molar-refractivity contribution in [2.45, 2.75) is 0 Å². The summed E-state index contributed by atoms with van der Waals surface area (Å²) in [7, 11) is 0. The zero-order valence-corrected chi connectivity index (χ0v) is 15.0. The maximum atomic E-state index is 12.7. The Morgan fingerprint density at radius 1 is 0.759 bits per heavy atom. The highest BCUT2D eigenvalue weighted by atomic mass is 16.6. The Kier molecular flexibility index (Phi) is 6.29. The van der Waals surface area contributed by atoms with E-state index >= 15 is 0 Å². The van der Waals surface area contributed by atoms with Crippen LogP contribution in [0, 0.1) is 0 Å². The molecule has 0 bridgehead atoms. The van der Waals surface area contributed by atoms with Crippen molar-refractivity contribution in [3.63, 3.8) is 0 Å². The highest BCUT2D eigenvalue weighted by molar-refractivity contribution is 5.99. The Hall–Kier alpha value is -4.04. The average molecular weight is 393 g/mol. The van der Waals surface area contributed by atoms with E-state index < -0.39 is 24.7 Å². The molecule has 1 aromatic heterocycles. The first-order chi connectivity index (χ1) is 14.1. The van der Waals surface area contributed by atoms with E-state index in [0.717, 1.165) is 0 Å². The summed E-state index contributed by atoms with van der Waals surface area (Å²) in [5.74, 6) is -2.47. The Labute approximate surface area is 165 Å². The van der Waals surface area contributed by atoms with Gasteiger partial charge < -0.3 is 19.3 Å². The number of para-hydroxylation sites is 2. The normalized spacial score (nSPS) is 10.1. The minimum Gasteiger partial charge on any atom is -0.435 e. The lowest BCUT2D eigenvalue weighted by atomic mass is 10.2. The van der Waals surface area contributed by atoms with Crippen LogP contribution in [0.3, 0.4) is 0 Å². The van der Waals surface area contributed by atoms with Gasteiger partial charge in [0.05, 0.1) is 5.56 Å². The zero-order chi connectivity index (χ0) is 20.6. The fourth-order valence-corrected chi connectivity index (χ4v) is 2.38. The van der Waals surface area contributed by atoms with Gasteiger partial charge in [-0.2, -0.15) is 0 Å². The number of aliphatic hydroxyl groups excluding tert-OH is 1. The summed E-state index contributed by atoms with van der Waals surface area (Å²) in [6.07, 6.45) is 2.85. The second kappa shape index (κ2) is 9.25. The second-order valence-corrected chi connectivity index (χ2v) is 5.57. The molecule has 3 rings (SSSR count). The molecular weight excluding hydrogens is 378 g/mol. The van der Waals surface area contributed by atoms with E-state index in [1.165, 1.54) is 42.7 Å². The molecular formula is C21H15NO7. The minimum atomic E-state index is -0.854. The van der Waals surface area contributed by atoms with Gasteiger partial charge in [0.25, 0.3) is 0 Å². The monoisotopic (exact) mass is 393 g/mol. The molecule has 0 spiro atoms. The number of hydrogen-bond donors (Lipinski definition) is 1. The minimum absolute atomic E-state index is 0.0123. The van der Waals surface area contributed by atoms with E-state index in [1.54, 1.807) is 30.3 Å². The van der Waals surface area contributed by atoms with Crippen molar-refractivity contribution >= 4 is 17.9 Å². The number of benzene rings is 2. The molecule has 8 nitrogen and oxygen atoms in total. The molecule has 1 heterocycles. The lowest BCUT2D eigenvalue weighted by molar-refractivity contribution is 0.00659. The van der Waals surface area contributed by atoms with Crippen molar-refractivity contribution < 1.29 is 33.7 Å². The van der Waals surface area contributed by atoms with Crippen LogP contribution in [-0.4, -0.2) is 34.8 Å². The third-order valence-electron chi connectivity index (χ3n) is 3.71. The zero-order valence-electron chi connectivity index (χ0n) is 15.0. The first-order valence-corrected chi connectivity index (χ1v) is 8.40. The molecule has 0 aliphatic rings. The average Bonchev–Trinajstić information content (AvgIpc) is 2.75. The molecule has 0 amide bonds. The lowest BCUT2D eigenvalue weighted by Gasteiger charge is -2.11. The van der Waals surface area contributed by atoms with E-state index in [-0.39, 0.29) is 28.2 Å². The van der Waals surface area contributed by atoms with Crippen LogP contribution in [-0.2, 0) is 4.74 Å². The fraction of sp³-hybridized carbons (Fsp3) is 0.0476. The topological polar surface area (TPSA) is 112 Å². The molecule has 0 unspecified atom stereocenters. The number of aromatic nitrogens is 1. The number of carbonyl (C=O) groups is 3. The standard InChI is InChI=1S/C21H15NO7/c23-13-27-20(25)15-7-1-3-9-17(15)29-21(26)16-8-2-4-10-18(16)28-19(24)14-6-5-11-22-12-14/h1-12,23H,13H2. The number of nitrogens with zero attached hydrogens (tertiary/aromatic N) is 1. The Morgan fingerprint density at radius 3 is 1.93 bits per heavy atom. The summed E-state index contributed by atoms with van der Waals surface area (Å²) in [6, 6.07) is 15.0. The summed E-state index contributed by atoms with van der Waals surface area (Å²) < 4.78 is 15.1. The Bertz CT molecular complexity index is 1030. The van der Waals surface area contributed by atoms with Crippen molar-refractivity contribution in [3.8, 4) is 11.5 Å². The summed E-state index contributed by atoms with van der Waals surface area (Å²) >= 11 is 0. The molecule has 2 aromatic carbocycles. The van der Waals surface area contributed by atoms with Crippen LogP contribution in [0.1, 0.15) is 31.1 Å². The predicted octanol–water partition coefficient (Wildman–Crippen LogP) is 2.63. The first-order valence-electron chi connectivity index (χ1n) is 8.40. The number of pyridine rings is 1. The summed E-state index contributed by atoms with van der Waals surface area (Å²) in [6.45, 7) is -0.811. The van der Waals surface area contributed by atoms with Gasteiger partial charge in [-0.05, 0) is 36.4 Å². The summed E-state index contributed by atoms with van der Waals surface area (Å²) in [5, 5.41) is 8.76. The predicted molar refractivity (Wildman–Crippen MR) is 99.5 cm³/mol. The van der Waals surface area contributed by atoms with Crippen molar-refractivity contribution in [2.24, 2.45) is 0 Å². The molecule has 0 saturated carbocycles. The third kappa shape index (κ3) is 4.82. The van der Waals surface area contributed by atoms with Crippen molar-refractivity contribution in [3.05, 3.63) is 89.7 Å².